The summed E-state index contributed by atoms with van der Waals surface area (Å²) >= 11 is 3.37. The zero-order chi connectivity index (χ0) is 14.3. The van der Waals surface area contributed by atoms with Crippen LogP contribution < -0.4 is 0 Å². The van der Waals surface area contributed by atoms with Crippen molar-refractivity contribution in [3.05, 3.63) is 22.4 Å². The Morgan fingerprint density at radius 1 is 1.37 bits per heavy atom. The maximum Gasteiger partial charge on any atom is 0.270 e. The van der Waals surface area contributed by atoms with Gasteiger partial charge in [0.25, 0.3) is 5.91 Å². The highest BCUT2D eigenvalue weighted by atomic mass is 79.9. The van der Waals surface area contributed by atoms with Gasteiger partial charge in [-0.3, -0.25) is 4.79 Å². The molecule has 5 heteroatoms. The van der Waals surface area contributed by atoms with Crippen molar-refractivity contribution in [2.24, 2.45) is 7.05 Å². The van der Waals surface area contributed by atoms with E-state index in [1.165, 1.54) is 12.8 Å². The first kappa shape index (κ1) is 16.2. The SMILES string of the molecule is CCCCCCN(CCO)C(=O)c1cc(Br)cn1C. The molecule has 0 unspecified atom stereocenters. The molecule has 0 spiro atoms. The molecule has 0 fully saturated rings. The van der Waals surface area contributed by atoms with E-state index in [-0.39, 0.29) is 12.5 Å². The maximum absolute atomic E-state index is 12.4. The largest absolute Gasteiger partial charge is 0.395 e. The number of amides is 1. The summed E-state index contributed by atoms with van der Waals surface area (Å²) < 4.78 is 2.70. The van der Waals surface area contributed by atoms with E-state index in [4.69, 9.17) is 5.11 Å². The third-order valence-electron chi connectivity index (χ3n) is 3.13. The van der Waals surface area contributed by atoms with Gasteiger partial charge in [0.1, 0.15) is 5.69 Å². The Labute approximate surface area is 123 Å². The third kappa shape index (κ3) is 4.99. The van der Waals surface area contributed by atoms with Crippen molar-refractivity contribution in [2.45, 2.75) is 32.6 Å². The van der Waals surface area contributed by atoms with Crippen LogP contribution in [0, 0.1) is 0 Å². The molecule has 0 aliphatic rings. The number of halogens is 1. The van der Waals surface area contributed by atoms with E-state index in [2.05, 4.69) is 22.9 Å². The zero-order valence-corrected chi connectivity index (χ0v) is 13.3. The molecule has 0 aliphatic heterocycles. The highest BCUT2D eigenvalue weighted by Crippen LogP contribution is 2.16. The Kier molecular flexibility index (Phi) is 7.16. The van der Waals surface area contributed by atoms with Crippen LogP contribution in [0.3, 0.4) is 0 Å². The predicted molar refractivity (Wildman–Crippen MR) is 80.2 cm³/mol. The minimum Gasteiger partial charge on any atom is -0.395 e. The molecule has 0 bridgehead atoms. The van der Waals surface area contributed by atoms with Gasteiger partial charge in [0, 0.05) is 30.8 Å². The lowest BCUT2D eigenvalue weighted by atomic mass is 10.2. The summed E-state index contributed by atoms with van der Waals surface area (Å²) in [6.07, 6.45) is 6.35. The van der Waals surface area contributed by atoms with Gasteiger partial charge in [0.2, 0.25) is 0 Å². The third-order valence-corrected chi connectivity index (χ3v) is 3.56. The van der Waals surface area contributed by atoms with E-state index in [0.717, 1.165) is 17.3 Å². The van der Waals surface area contributed by atoms with Gasteiger partial charge in [-0.25, -0.2) is 0 Å². The number of aliphatic hydroxyl groups is 1. The monoisotopic (exact) mass is 330 g/mol. The second kappa shape index (κ2) is 8.38. The summed E-state index contributed by atoms with van der Waals surface area (Å²) in [5.41, 5.74) is 0.649. The van der Waals surface area contributed by atoms with Crippen molar-refractivity contribution < 1.29 is 9.90 Å². The lowest BCUT2D eigenvalue weighted by Gasteiger charge is -2.22. The highest BCUT2D eigenvalue weighted by molar-refractivity contribution is 9.10. The molecule has 4 nitrogen and oxygen atoms in total. The molecule has 108 valence electrons. The summed E-state index contributed by atoms with van der Waals surface area (Å²) in [5.74, 6) is -0.0150. The number of aliphatic hydroxyl groups excluding tert-OH is 1. The van der Waals surface area contributed by atoms with Crippen LogP contribution in [-0.4, -0.2) is 40.2 Å². The number of hydrogen-bond donors (Lipinski definition) is 1. The van der Waals surface area contributed by atoms with E-state index in [0.29, 0.717) is 18.8 Å². The molecule has 0 aliphatic carbocycles. The Hall–Kier alpha value is -0.810. The standard InChI is InChI=1S/C14H23BrN2O2/c1-3-4-5-6-7-17(8-9-18)14(19)13-10-12(15)11-16(13)2/h10-11,18H,3-9H2,1-2H3. The first-order chi connectivity index (χ1) is 9.10. The molecule has 1 N–H and O–H groups in total. The van der Waals surface area contributed by atoms with E-state index in [9.17, 15) is 4.79 Å². The van der Waals surface area contributed by atoms with Gasteiger partial charge in [-0.15, -0.1) is 0 Å². The number of aryl methyl sites for hydroxylation is 1. The van der Waals surface area contributed by atoms with Gasteiger partial charge in [-0.2, -0.15) is 0 Å². The van der Waals surface area contributed by atoms with Gasteiger partial charge in [0.15, 0.2) is 0 Å². The van der Waals surface area contributed by atoms with Gasteiger partial charge >= 0.3 is 0 Å². The normalized spacial score (nSPS) is 10.7. The molecular weight excluding hydrogens is 308 g/mol. The van der Waals surface area contributed by atoms with E-state index >= 15 is 0 Å². The van der Waals surface area contributed by atoms with E-state index < -0.39 is 0 Å². The fraction of sp³-hybridized carbons (Fsp3) is 0.643. The fourth-order valence-electron chi connectivity index (χ4n) is 2.06. The minimum absolute atomic E-state index is 0.00507. The molecule has 19 heavy (non-hydrogen) atoms. The first-order valence-corrected chi connectivity index (χ1v) is 7.61. The summed E-state index contributed by atoms with van der Waals surface area (Å²) in [4.78, 5) is 14.1. The first-order valence-electron chi connectivity index (χ1n) is 6.82. The average molecular weight is 331 g/mol. The zero-order valence-electron chi connectivity index (χ0n) is 11.7. The highest BCUT2D eigenvalue weighted by Gasteiger charge is 2.18. The predicted octanol–water partition coefficient (Wildman–Crippen LogP) is 2.80. The number of rotatable bonds is 8. The number of carbonyl (C=O) groups excluding carboxylic acids is 1. The van der Waals surface area contributed by atoms with Crippen molar-refractivity contribution >= 4 is 21.8 Å². The van der Waals surface area contributed by atoms with Crippen molar-refractivity contribution in [1.29, 1.82) is 0 Å². The van der Waals surface area contributed by atoms with Crippen molar-refractivity contribution in [2.75, 3.05) is 19.7 Å². The molecule has 1 rings (SSSR count). The van der Waals surface area contributed by atoms with Crippen LogP contribution in [0.4, 0.5) is 0 Å². The molecule has 1 aromatic rings. The molecule has 1 amide bonds. The van der Waals surface area contributed by atoms with Crippen molar-refractivity contribution in [3.8, 4) is 0 Å². The summed E-state index contributed by atoms with van der Waals surface area (Å²) in [7, 11) is 1.85. The molecule has 1 aromatic heterocycles. The topological polar surface area (TPSA) is 45.5 Å². The van der Waals surface area contributed by atoms with Crippen LogP contribution >= 0.6 is 15.9 Å². The summed E-state index contributed by atoms with van der Waals surface area (Å²) in [6.45, 7) is 3.28. The van der Waals surface area contributed by atoms with Gasteiger partial charge in [-0.05, 0) is 28.4 Å². The van der Waals surface area contributed by atoms with Crippen molar-refractivity contribution in [3.63, 3.8) is 0 Å². The Balaban J connectivity index is 2.64. The molecule has 0 radical (unpaired) electrons. The number of unbranched alkanes of at least 4 members (excludes halogenated alkanes) is 3. The number of hydrogen-bond acceptors (Lipinski definition) is 2. The molecule has 0 aromatic carbocycles. The molecule has 0 saturated carbocycles. The van der Waals surface area contributed by atoms with Crippen LogP contribution in [0.2, 0.25) is 0 Å². The molecule has 0 atom stereocenters. The quantitative estimate of drug-likeness (QED) is 0.745. The summed E-state index contributed by atoms with van der Waals surface area (Å²) in [6, 6.07) is 1.82. The fourth-order valence-corrected chi connectivity index (χ4v) is 2.59. The smallest absolute Gasteiger partial charge is 0.270 e. The number of nitrogens with zero attached hydrogens (tertiary/aromatic N) is 2. The van der Waals surface area contributed by atoms with Crippen LogP contribution in [0.25, 0.3) is 0 Å². The van der Waals surface area contributed by atoms with Crippen LogP contribution in [0.1, 0.15) is 43.1 Å². The van der Waals surface area contributed by atoms with Crippen LogP contribution in [0.15, 0.2) is 16.7 Å². The second-order valence-corrected chi connectivity index (χ2v) is 5.65. The minimum atomic E-state index is -0.0150. The van der Waals surface area contributed by atoms with Gasteiger partial charge in [-0.1, -0.05) is 26.2 Å². The Morgan fingerprint density at radius 3 is 2.63 bits per heavy atom. The second-order valence-electron chi connectivity index (χ2n) is 4.73. The van der Waals surface area contributed by atoms with Crippen LogP contribution in [0.5, 0.6) is 0 Å². The van der Waals surface area contributed by atoms with E-state index in [1.54, 1.807) is 4.90 Å². The Bertz CT molecular complexity index is 404. The maximum atomic E-state index is 12.4. The average Bonchev–Trinajstić information content (AvgIpc) is 2.71. The summed E-state index contributed by atoms with van der Waals surface area (Å²) in [5, 5.41) is 9.10. The molecular formula is C14H23BrN2O2. The van der Waals surface area contributed by atoms with Crippen molar-refractivity contribution in [1.82, 2.24) is 9.47 Å². The molecule has 1 heterocycles. The molecule has 0 saturated heterocycles. The van der Waals surface area contributed by atoms with E-state index in [1.807, 2.05) is 23.9 Å². The van der Waals surface area contributed by atoms with Gasteiger partial charge in [0.05, 0.1) is 6.61 Å². The number of aromatic nitrogens is 1. The Morgan fingerprint density at radius 2 is 2.11 bits per heavy atom. The lowest BCUT2D eigenvalue weighted by Crippen LogP contribution is -2.35. The lowest BCUT2D eigenvalue weighted by molar-refractivity contribution is 0.0709. The number of carbonyl (C=O) groups is 1. The van der Waals surface area contributed by atoms with Gasteiger partial charge < -0.3 is 14.6 Å². The van der Waals surface area contributed by atoms with Crippen LogP contribution in [-0.2, 0) is 7.05 Å².